The molecule has 1 atom stereocenters. The summed E-state index contributed by atoms with van der Waals surface area (Å²) in [5, 5.41) is 15.6. The van der Waals surface area contributed by atoms with Gasteiger partial charge in [-0.25, -0.2) is 34.1 Å². The molecule has 2 aromatic rings. The average molecular weight is 636 g/mol. The second-order valence-electron chi connectivity index (χ2n) is 8.67. The number of rotatable bonds is 15. The minimum atomic E-state index is -4.06. The second kappa shape index (κ2) is 18.3. The first-order valence-corrected chi connectivity index (χ1v) is 14.1. The molecule has 0 unspecified atom stereocenters. The van der Waals surface area contributed by atoms with Gasteiger partial charge < -0.3 is 44.2 Å². The van der Waals surface area contributed by atoms with Gasteiger partial charge in [0.05, 0.1) is 31.2 Å². The van der Waals surface area contributed by atoms with Gasteiger partial charge in [0, 0.05) is 12.2 Å². The fraction of sp³-hybridized carbons (Fsp3) is 0.522. The van der Waals surface area contributed by atoms with E-state index in [2.05, 4.69) is 15.0 Å². The molecule has 240 valence electrons. The Hall–Kier alpha value is -4.32. The number of anilines is 1. The van der Waals surface area contributed by atoms with Gasteiger partial charge in [-0.3, -0.25) is 13.6 Å². The second-order valence-corrected chi connectivity index (χ2v) is 10.7. The van der Waals surface area contributed by atoms with E-state index in [1.165, 1.54) is 12.7 Å². The maximum Gasteiger partial charge on any atom is 0.510 e. The van der Waals surface area contributed by atoms with Crippen LogP contribution in [0, 0.1) is 0 Å². The van der Waals surface area contributed by atoms with Crippen LogP contribution in [-0.4, -0.2) is 92.2 Å². The van der Waals surface area contributed by atoms with Crippen LogP contribution in [0.4, 0.5) is 15.4 Å². The summed E-state index contributed by atoms with van der Waals surface area (Å²) in [4.78, 5) is 54.3. The molecule has 0 aliphatic rings. The predicted molar refractivity (Wildman–Crippen MR) is 144 cm³/mol. The van der Waals surface area contributed by atoms with Crippen molar-refractivity contribution in [1.82, 2.24) is 19.5 Å². The summed E-state index contributed by atoms with van der Waals surface area (Å²) in [5.41, 5.74) is 6.72. The molecule has 0 bridgehead atoms. The van der Waals surface area contributed by atoms with Gasteiger partial charge in [0.15, 0.2) is 11.5 Å². The Morgan fingerprint density at radius 3 is 1.88 bits per heavy atom. The third-order valence-electron chi connectivity index (χ3n) is 4.29. The van der Waals surface area contributed by atoms with Crippen molar-refractivity contribution in [3.8, 4) is 0 Å². The highest BCUT2D eigenvalue weighted by atomic mass is 31.2. The number of aromatic nitrogens is 4. The minimum absolute atomic E-state index is 0.237. The van der Waals surface area contributed by atoms with Gasteiger partial charge in [-0.05, 0) is 34.6 Å². The summed E-state index contributed by atoms with van der Waals surface area (Å²) in [7, 11) is -4.06. The maximum atomic E-state index is 13.1. The van der Waals surface area contributed by atoms with E-state index in [9.17, 15) is 23.7 Å². The van der Waals surface area contributed by atoms with Crippen LogP contribution < -0.4 is 5.73 Å². The highest BCUT2D eigenvalue weighted by Crippen LogP contribution is 2.48. The number of carboxylic acids is 2. The first-order chi connectivity index (χ1) is 20.1. The first kappa shape index (κ1) is 36.7. The van der Waals surface area contributed by atoms with Gasteiger partial charge in [-0.15, -0.1) is 0 Å². The number of nitrogens with two attached hydrogens (primary N) is 1. The number of nitrogens with zero attached hydrogens (tertiary/aromatic N) is 4. The van der Waals surface area contributed by atoms with Crippen molar-refractivity contribution in [3.05, 3.63) is 24.8 Å². The lowest BCUT2D eigenvalue weighted by Crippen LogP contribution is -2.20. The zero-order valence-corrected chi connectivity index (χ0v) is 24.9. The quantitative estimate of drug-likeness (QED) is 0.110. The summed E-state index contributed by atoms with van der Waals surface area (Å²) in [6.45, 7) is 6.98. The van der Waals surface area contributed by atoms with Gasteiger partial charge in [0.2, 0.25) is 13.6 Å². The van der Waals surface area contributed by atoms with Crippen LogP contribution in [-0.2, 0) is 53.4 Å². The molecule has 2 heterocycles. The summed E-state index contributed by atoms with van der Waals surface area (Å²) in [5.74, 6) is -2.28. The molecule has 0 saturated carbocycles. The van der Waals surface area contributed by atoms with Gasteiger partial charge in [0.25, 0.3) is 0 Å². The van der Waals surface area contributed by atoms with Gasteiger partial charge >= 0.3 is 31.8 Å². The van der Waals surface area contributed by atoms with Crippen molar-refractivity contribution in [1.29, 1.82) is 0 Å². The molecule has 2 aromatic heterocycles. The van der Waals surface area contributed by atoms with Crippen molar-refractivity contribution in [2.24, 2.45) is 0 Å². The highest BCUT2D eigenvalue weighted by Gasteiger charge is 2.29. The molecule has 4 N–H and O–H groups in total. The third kappa shape index (κ3) is 15.5. The van der Waals surface area contributed by atoms with Crippen LogP contribution in [0.1, 0.15) is 34.6 Å². The van der Waals surface area contributed by atoms with Crippen LogP contribution in [0.15, 0.2) is 24.8 Å². The van der Waals surface area contributed by atoms with Crippen LogP contribution >= 0.6 is 7.60 Å². The lowest BCUT2D eigenvalue weighted by molar-refractivity contribution is -0.134. The largest absolute Gasteiger partial charge is 0.510 e. The van der Waals surface area contributed by atoms with Crippen molar-refractivity contribution in [3.63, 3.8) is 0 Å². The number of carbonyl (C=O) groups is 4. The fourth-order valence-corrected chi connectivity index (χ4v) is 3.68. The van der Waals surface area contributed by atoms with Crippen molar-refractivity contribution >= 4 is 48.8 Å². The smallest absolute Gasteiger partial charge is 0.478 e. The number of carbonyl (C=O) groups excluding carboxylic acids is 2. The van der Waals surface area contributed by atoms with E-state index in [-0.39, 0.29) is 12.4 Å². The molecule has 0 fully saturated rings. The van der Waals surface area contributed by atoms with Crippen molar-refractivity contribution in [2.75, 3.05) is 25.7 Å². The lowest BCUT2D eigenvalue weighted by atomic mass is 10.4. The molecule has 0 amide bonds. The molecule has 43 heavy (non-hydrogen) atoms. The maximum absolute atomic E-state index is 13.1. The zero-order valence-electron chi connectivity index (χ0n) is 24.0. The Labute approximate surface area is 245 Å². The van der Waals surface area contributed by atoms with Crippen LogP contribution in [0.3, 0.4) is 0 Å². The number of nitrogen functional groups attached to an aromatic ring is 1. The number of carboxylic acid groups (broad SMARTS) is 2. The Morgan fingerprint density at radius 1 is 0.907 bits per heavy atom. The Kier molecular flexibility index (Phi) is 15.6. The van der Waals surface area contributed by atoms with Crippen LogP contribution in [0.5, 0.6) is 0 Å². The summed E-state index contributed by atoms with van der Waals surface area (Å²) < 4.78 is 49.7. The van der Waals surface area contributed by atoms with E-state index in [4.69, 9.17) is 48.7 Å². The monoisotopic (exact) mass is 635 g/mol. The third-order valence-corrected chi connectivity index (χ3v) is 5.75. The summed E-state index contributed by atoms with van der Waals surface area (Å²) in [6.07, 6.45) is -0.0196. The molecule has 0 aliphatic carbocycles. The predicted octanol–water partition coefficient (Wildman–Crippen LogP) is 2.75. The standard InChI is InChI=1S/C19H30N5O10P.C4H4O4/c1-12(2)33-18(25)28-9-31-35(27,32-10-29-19(26)34-13(3)4)11-30-14(5)6-24-8-23-15-16(20)21-7-22-17(15)24;5-3(6)1-2-4(7)8/h7-8,12-14H,6,9-11H2,1-5H3,(H2,20,21,22);1-2H,(H,5,6)(H,7,8)/t14-;/m1./s1. The van der Waals surface area contributed by atoms with Crippen LogP contribution in [0.2, 0.25) is 0 Å². The van der Waals surface area contributed by atoms with E-state index in [0.717, 1.165) is 0 Å². The van der Waals surface area contributed by atoms with E-state index in [1.807, 2.05) is 0 Å². The SMILES string of the molecule is CC(C)OC(=O)OCOP(=O)(CO[C@H](C)Cn1cnc2c(N)ncnc21)OCOC(=O)OC(C)C.O=C(O)C=CC(=O)O. The van der Waals surface area contributed by atoms with E-state index in [0.29, 0.717) is 23.3 Å². The number of fused-ring (bicyclic) bond motifs is 1. The van der Waals surface area contributed by atoms with E-state index < -0.39 is 70.1 Å². The van der Waals surface area contributed by atoms with Gasteiger partial charge in [0.1, 0.15) is 18.2 Å². The van der Waals surface area contributed by atoms with Crippen molar-refractivity contribution in [2.45, 2.75) is 59.5 Å². The molecule has 20 heteroatoms. The summed E-state index contributed by atoms with van der Waals surface area (Å²) >= 11 is 0. The van der Waals surface area contributed by atoms with Gasteiger partial charge in [-0.1, -0.05) is 0 Å². The lowest BCUT2D eigenvalue weighted by Gasteiger charge is -2.21. The normalized spacial score (nSPS) is 12.1. The summed E-state index contributed by atoms with van der Waals surface area (Å²) in [6, 6.07) is 0. The molecule has 0 aliphatic heterocycles. The Morgan fingerprint density at radius 2 is 1.42 bits per heavy atom. The number of imidazole rings is 1. The molecule has 0 saturated heterocycles. The first-order valence-electron chi connectivity index (χ1n) is 12.3. The molecular weight excluding hydrogens is 601 g/mol. The molecule has 2 rings (SSSR count). The fourth-order valence-electron chi connectivity index (χ4n) is 2.60. The number of aliphatic carboxylic acids is 2. The van der Waals surface area contributed by atoms with Gasteiger partial charge in [-0.2, -0.15) is 0 Å². The highest BCUT2D eigenvalue weighted by molar-refractivity contribution is 7.53. The Bertz CT molecular complexity index is 1250. The molecule has 0 aromatic carbocycles. The van der Waals surface area contributed by atoms with Crippen molar-refractivity contribution < 1.29 is 66.7 Å². The zero-order chi connectivity index (χ0) is 32.6. The van der Waals surface area contributed by atoms with Crippen LogP contribution in [0.25, 0.3) is 11.2 Å². The average Bonchev–Trinajstić information content (AvgIpc) is 3.30. The Balaban J connectivity index is 0.00000101. The molecular formula is C23H34N5O14P. The van der Waals surface area contributed by atoms with E-state index in [1.54, 1.807) is 39.2 Å². The molecule has 0 spiro atoms. The number of ether oxygens (including phenoxy) is 5. The number of hydrogen-bond donors (Lipinski definition) is 3. The molecule has 0 radical (unpaired) electrons. The minimum Gasteiger partial charge on any atom is -0.478 e. The van der Waals surface area contributed by atoms with E-state index >= 15 is 0 Å². The topological polar surface area (TPSA) is 260 Å². The number of hydrogen-bond acceptors (Lipinski definition) is 16. The molecule has 19 nitrogen and oxygen atoms in total.